The minimum Gasteiger partial charge on any atom is -0.369 e. The van der Waals surface area contributed by atoms with Crippen LogP contribution in [-0.4, -0.2) is 9.97 Å². The van der Waals surface area contributed by atoms with Crippen LogP contribution in [0.2, 0.25) is 0 Å². The van der Waals surface area contributed by atoms with Crippen molar-refractivity contribution in [2.45, 2.75) is 20.1 Å². The predicted octanol–water partition coefficient (Wildman–Crippen LogP) is 2.57. The van der Waals surface area contributed by atoms with Gasteiger partial charge in [0.05, 0.1) is 6.61 Å². The summed E-state index contributed by atoms with van der Waals surface area (Å²) in [7, 11) is 0. The highest BCUT2D eigenvalue weighted by molar-refractivity contribution is 5.25. The summed E-state index contributed by atoms with van der Waals surface area (Å²) in [5, 5.41) is 0. The maximum Gasteiger partial charge on any atom is 0.132 e. The van der Waals surface area contributed by atoms with Gasteiger partial charge >= 0.3 is 0 Å². The van der Waals surface area contributed by atoms with E-state index < -0.39 is 0 Å². The molecule has 1 aromatic heterocycles. The molecule has 1 heterocycles. The smallest absolute Gasteiger partial charge is 0.132 e. The van der Waals surface area contributed by atoms with Gasteiger partial charge in [-0.15, -0.1) is 0 Å². The van der Waals surface area contributed by atoms with Gasteiger partial charge in [0.15, 0.2) is 0 Å². The van der Waals surface area contributed by atoms with E-state index in [1.165, 1.54) is 12.1 Å². The Labute approximate surface area is 93.3 Å². The standard InChI is InChI=1S/C12H13FN2O/c1-9-2-3-11(13)6-10(9)7-16-8-12-14-4-5-15-12/h2-6H,7-8H2,1H3,(H,14,15). The molecule has 0 atom stereocenters. The number of hydrogen-bond donors (Lipinski definition) is 1. The van der Waals surface area contributed by atoms with Crippen molar-refractivity contribution in [3.05, 3.63) is 53.4 Å². The van der Waals surface area contributed by atoms with Crippen molar-refractivity contribution in [1.82, 2.24) is 9.97 Å². The summed E-state index contributed by atoms with van der Waals surface area (Å²) < 4.78 is 18.4. The molecule has 4 heteroatoms. The zero-order valence-electron chi connectivity index (χ0n) is 9.03. The number of benzene rings is 1. The minimum atomic E-state index is -0.234. The highest BCUT2D eigenvalue weighted by Crippen LogP contribution is 2.11. The highest BCUT2D eigenvalue weighted by atomic mass is 19.1. The van der Waals surface area contributed by atoms with Gasteiger partial charge in [-0.3, -0.25) is 0 Å². The first-order valence-corrected chi connectivity index (χ1v) is 5.07. The average Bonchev–Trinajstić information content (AvgIpc) is 2.76. The summed E-state index contributed by atoms with van der Waals surface area (Å²) >= 11 is 0. The Hall–Kier alpha value is -1.68. The van der Waals surface area contributed by atoms with Crippen LogP contribution in [0.4, 0.5) is 4.39 Å². The fraction of sp³-hybridized carbons (Fsp3) is 0.250. The second kappa shape index (κ2) is 4.90. The molecule has 0 fully saturated rings. The third-order valence-electron chi connectivity index (χ3n) is 2.36. The van der Waals surface area contributed by atoms with Crippen molar-refractivity contribution in [2.75, 3.05) is 0 Å². The molecule has 0 saturated heterocycles. The fourth-order valence-electron chi connectivity index (χ4n) is 1.43. The van der Waals surface area contributed by atoms with E-state index in [4.69, 9.17) is 4.74 Å². The van der Waals surface area contributed by atoms with E-state index in [1.807, 2.05) is 6.92 Å². The molecule has 0 amide bonds. The van der Waals surface area contributed by atoms with Crippen LogP contribution in [0.15, 0.2) is 30.6 Å². The molecule has 0 unspecified atom stereocenters. The van der Waals surface area contributed by atoms with Crippen LogP contribution in [0.5, 0.6) is 0 Å². The lowest BCUT2D eigenvalue weighted by molar-refractivity contribution is 0.102. The van der Waals surface area contributed by atoms with Gasteiger partial charge in [0.2, 0.25) is 0 Å². The van der Waals surface area contributed by atoms with E-state index in [1.54, 1.807) is 18.5 Å². The lowest BCUT2D eigenvalue weighted by Gasteiger charge is -2.06. The van der Waals surface area contributed by atoms with E-state index in [0.717, 1.165) is 17.0 Å². The summed E-state index contributed by atoms with van der Waals surface area (Å²) in [6.45, 7) is 2.73. The Balaban J connectivity index is 1.92. The van der Waals surface area contributed by atoms with E-state index in [9.17, 15) is 4.39 Å². The van der Waals surface area contributed by atoms with E-state index in [2.05, 4.69) is 9.97 Å². The van der Waals surface area contributed by atoms with Crippen molar-refractivity contribution < 1.29 is 9.13 Å². The van der Waals surface area contributed by atoms with Gasteiger partial charge in [-0.25, -0.2) is 9.37 Å². The molecule has 84 valence electrons. The maximum atomic E-state index is 13.0. The molecule has 2 aromatic rings. The molecule has 0 radical (unpaired) electrons. The van der Waals surface area contributed by atoms with Crippen LogP contribution < -0.4 is 0 Å². The van der Waals surface area contributed by atoms with Crippen LogP contribution in [0.1, 0.15) is 17.0 Å². The highest BCUT2D eigenvalue weighted by Gasteiger charge is 2.01. The zero-order chi connectivity index (χ0) is 11.4. The lowest BCUT2D eigenvalue weighted by atomic mass is 10.1. The second-order valence-corrected chi connectivity index (χ2v) is 3.60. The number of ether oxygens (including phenoxy) is 1. The molecule has 0 bridgehead atoms. The Morgan fingerprint density at radius 3 is 3.00 bits per heavy atom. The molecule has 2 rings (SSSR count). The molecular weight excluding hydrogens is 207 g/mol. The van der Waals surface area contributed by atoms with Gasteiger partial charge in [-0.05, 0) is 30.2 Å². The number of aromatic amines is 1. The molecule has 0 aliphatic rings. The second-order valence-electron chi connectivity index (χ2n) is 3.60. The number of halogens is 1. The summed E-state index contributed by atoms with van der Waals surface area (Å²) in [5.41, 5.74) is 1.90. The van der Waals surface area contributed by atoms with Crippen molar-refractivity contribution in [1.29, 1.82) is 0 Å². The van der Waals surface area contributed by atoms with E-state index in [-0.39, 0.29) is 5.82 Å². The first kappa shape index (κ1) is 10.8. The van der Waals surface area contributed by atoms with Crippen LogP contribution in [0.25, 0.3) is 0 Å². The monoisotopic (exact) mass is 220 g/mol. The van der Waals surface area contributed by atoms with Gasteiger partial charge in [0.1, 0.15) is 18.2 Å². The van der Waals surface area contributed by atoms with E-state index >= 15 is 0 Å². The Morgan fingerprint density at radius 1 is 1.38 bits per heavy atom. The number of aryl methyl sites for hydroxylation is 1. The van der Waals surface area contributed by atoms with Gasteiger partial charge in [-0.1, -0.05) is 6.07 Å². The molecule has 16 heavy (non-hydrogen) atoms. The first-order chi connectivity index (χ1) is 7.75. The Bertz CT molecular complexity index is 454. The van der Waals surface area contributed by atoms with Crippen LogP contribution in [0.3, 0.4) is 0 Å². The molecule has 0 saturated carbocycles. The summed E-state index contributed by atoms with van der Waals surface area (Å²) in [6.07, 6.45) is 3.41. The summed E-state index contributed by atoms with van der Waals surface area (Å²) in [6, 6.07) is 4.70. The Kier molecular flexibility index (Phi) is 3.31. The van der Waals surface area contributed by atoms with Gasteiger partial charge in [0, 0.05) is 12.4 Å². The number of nitrogens with zero attached hydrogens (tertiary/aromatic N) is 1. The number of hydrogen-bond acceptors (Lipinski definition) is 2. The number of aromatic nitrogens is 2. The van der Waals surface area contributed by atoms with Gasteiger partial charge < -0.3 is 9.72 Å². The quantitative estimate of drug-likeness (QED) is 0.859. The number of rotatable bonds is 4. The van der Waals surface area contributed by atoms with Crippen molar-refractivity contribution >= 4 is 0 Å². The maximum absolute atomic E-state index is 13.0. The topological polar surface area (TPSA) is 37.9 Å². The van der Waals surface area contributed by atoms with Gasteiger partial charge in [0.25, 0.3) is 0 Å². The minimum absolute atomic E-state index is 0.234. The third kappa shape index (κ3) is 2.67. The number of H-pyrrole nitrogens is 1. The zero-order valence-corrected chi connectivity index (χ0v) is 9.03. The number of nitrogens with one attached hydrogen (secondary N) is 1. The first-order valence-electron chi connectivity index (χ1n) is 5.07. The molecular formula is C12H13FN2O. The molecule has 0 spiro atoms. The molecule has 3 nitrogen and oxygen atoms in total. The van der Waals surface area contributed by atoms with Crippen molar-refractivity contribution in [2.24, 2.45) is 0 Å². The van der Waals surface area contributed by atoms with Crippen LogP contribution in [-0.2, 0) is 18.0 Å². The predicted molar refractivity (Wildman–Crippen MR) is 58.2 cm³/mol. The molecule has 0 aliphatic carbocycles. The average molecular weight is 220 g/mol. The fourth-order valence-corrected chi connectivity index (χ4v) is 1.43. The summed E-state index contributed by atoms with van der Waals surface area (Å²) in [5.74, 6) is 0.538. The normalized spacial score (nSPS) is 10.6. The van der Waals surface area contributed by atoms with Crippen molar-refractivity contribution in [3.63, 3.8) is 0 Å². The van der Waals surface area contributed by atoms with Crippen LogP contribution in [0, 0.1) is 12.7 Å². The van der Waals surface area contributed by atoms with Crippen molar-refractivity contribution in [3.8, 4) is 0 Å². The van der Waals surface area contributed by atoms with Gasteiger partial charge in [-0.2, -0.15) is 0 Å². The summed E-state index contributed by atoms with van der Waals surface area (Å²) in [4.78, 5) is 6.97. The Morgan fingerprint density at radius 2 is 2.25 bits per heavy atom. The van der Waals surface area contributed by atoms with Crippen LogP contribution >= 0.6 is 0 Å². The lowest BCUT2D eigenvalue weighted by Crippen LogP contribution is -1.98. The van der Waals surface area contributed by atoms with E-state index in [0.29, 0.717) is 13.2 Å². The third-order valence-corrected chi connectivity index (χ3v) is 2.36. The molecule has 1 N–H and O–H groups in total. The SMILES string of the molecule is Cc1ccc(F)cc1COCc1ncc[nH]1. The largest absolute Gasteiger partial charge is 0.369 e. The number of imidazole rings is 1. The molecule has 0 aliphatic heterocycles. The molecule has 1 aromatic carbocycles.